The maximum Gasteiger partial charge on any atom is 0.338 e. The van der Waals surface area contributed by atoms with Gasteiger partial charge in [0, 0.05) is 6.04 Å². The molecular weight excluding hydrogens is 264 g/mol. The van der Waals surface area contributed by atoms with E-state index in [4.69, 9.17) is 5.11 Å². The molecule has 1 aliphatic carbocycles. The van der Waals surface area contributed by atoms with Gasteiger partial charge in [0.15, 0.2) is 11.6 Å². The predicted molar refractivity (Wildman–Crippen MR) is 73.0 cm³/mol. The van der Waals surface area contributed by atoms with Gasteiger partial charge in [0.25, 0.3) is 0 Å². The number of hydrogen-bond donors (Lipinski definition) is 2. The number of aromatic carboxylic acids is 1. The van der Waals surface area contributed by atoms with Crippen LogP contribution in [0.4, 0.5) is 14.5 Å². The number of benzene rings is 1. The Morgan fingerprint density at radius 2 is 1.90 bits per heavy atom. The number of carboxylic acids is 1. The molecule has 2 rings (SSSR count). The Morgan fingerprint density at radius 1 is 1.20 bits per heavy atom. The van der Waals surface area contributed by atoms with Gasteiger partial charge in [-0.2, -0.15) is 0 Å². The highest BCUT2D eigenvalue weighted by molar-refractivity contribution is 5.88. The third-order valence-electron chi connectivity index (χ3n) is 4.02. The minimum atomic E-state index is -1.46. The van der Waals surface area contributed by atoms with Crippen molar-refractivity contribution in [1.82, 2.24) is 0 Å². The fourth-order valence-corrected chi connectivity index (χ4v) is 2.73. The van der Waals surface area contributed by atoms with Gasteiger partial charge in [-0.15, -0.1) is 0 Å². The van der Waals surface area contributed by atoms with Crippen molar-refractivity contribution in [2.45, 2.75) is 45.1 Å². The van der Waals surface area contributed by atoms with Crippen LogP contribution in [0.5, 0.6) is 0 Å². The lowest BCUT2D eigenvalue weighted by Gasteiger charge is -2.24. The second kappa shape index (κ2) is 6.20. The van der Waals surface area contributed by atoms with Gasteiger partial charge in [-0.3, -0.25) is 0 Å². The minimum absolute atomic E-state index is 0.0475. The van der Waals surface area contributed by atoms with Crippen molar-refractivity contribution < 1.29 is 18.7 Å². The molecule has 0 radical (unpaired) electrons. The minimum Gasteiger partial charge on any atom is -0.478 e. The van der Waals surface area contributed by atoms with Crippen LogP contribution in [0.3, 0.4) is 0 Å². The van der Waals surface area contributed by atoms with Crippen molar-refractivity contribution in [1.29, 1.82) is 0 Å². The molecule has 0 aliphatic heterocycles. The summed E-state index contributed by atoms with van der Waals surface area (Å²) in [6, 6.07) is 2.51. The van der Waals surface area contributed by atoms with Crippen LogP contribution in [0.2, 0.25) is 0 Å². The van der Waals surface area contributed by atoms with Crippen LogP contribution >= 0.6 is 0 Å². The van der Waals surface area contributed by atoms with Gasteiger partial charge in [-0.1, -0.05) is 26.2 Å². The van der Waals surface area contributed by atoms with Crippen LogP contribution in [0.15, 0.2) is 12.1 Å². The van der Waals surface area contributed by atoms with Crippen LogP contribution in [-0.4, -0.2) is 17.1 Å². The number of carbonyl (C=O) groups is 1. The Balaban J connectivity index is 2.21. The van der Waals surface area contributed by atoms with Gasteiger partial charge in [-0.05, 0) is 30.9 Å². The van der Waals surface area contributed by atoms with Crippen molar-refractivity contribution in [2.75, 3.05) is 5.32 Å². The third kappa shape index (κ3) is 3.08. The molecule has 0 saturated heterocycles. The quantitative estimate of drug-likeness (QED) is 0.823. The van der Waals surface area contributed by atoms with Crippen molar-refractivity contribution in [3.8, 4) is 0 Å². The summed E-state index contributed by atoms with van der Waals surface area (Å²) in [5.74, 6) is -3.49. The van der Waals surface area contributed by atoms with Gasteiger partial charge < -0.3 is 10.4 Å². The van der Waals surface area contributed by atoms with E-state index in [1.54, 1.807) is 0 Å². The molecule has 1 saturated carbocycles. The summed E-state index contributed by atoms with van der Waals surface area (Å²) in [5.41, 5.74) is -0.590. The topological polar surface area (TPSA) is 49.3 Å². The second-order valence-electron chi connectivity index (χ2n) is 5.46. The van der Waals surface area contributed by atoms with Crippen molar-refractivity contribution >= 4 is 11.7 Å². The zero-order chi connectivity index (χ0) is 14.7. The smallest absolute Gasteiger partial charge is 0.338 e. The maximum atomic E-state index is 13.9. The molecule has 20 heavy (non-hydrogen) atoms. The Hall–Kier alpha value is -1.65. The Labute approximate surface area is 117 Å². The van der Waals surface area contributed by atoms with E-state index in [9.17, 15) is 13.6 Å². The zero-order valence-electron chi connectivity index (χ0n) is 11.5. The normalized spacial score (nSPS) is 23.1. The number of rotatable bonds is 3. The van der Waals surface area contributed by atoms with Gasteiger partial charge in [0.2, 0.25) is 0 Å². The molecule has 0 heterocycles. The van der Waals surface area contributed by atoms with E-state index in [2.05, 4.69) is 12.2 Å². The molecule has 2 N–H and O–H groups in total. The average Bonchev–Trinajstić information content (AvgIpc) is 2.60. The van der Waals surface area contributed by atoms with E-state index < -0.39 is 23.2 Å². The number of halogens is 2. The van der Waals surface area contributed by atoms with Crippen LogP contribution in [-0.2, 0) is 0 Å². The van der Waals surface area contributed by atoms with Crippen molar-refractivity contribution in [3.63, 3.8) is 0 Å². The fraction of sp³-hybridized carbons (Fsp3) is 0.533. The van der Waals surface area contributed by atoms with E-state index in [0.29, 0.717) is 5.92 Å². The number of hydrogen-bond acceptors (Lipinski definition) is 2. The Bertz CT molecular complexity index is 505. The summed E-state index contributed by atoms with van der Waals surface area (Å²) in [7, 11) is 0. The van der Waals surface area contributed by atoms with Crippen LogP contribution in [0.25, 0.3) is 0 Å². The molecule has 1 fully saturated rings. The molecule has 3 nitrogen and oxygen atoms in total. The standard InChI is InChI=1S/C15H19F2NO2/c1-9-5-3-2-4-6-11(9)18-12-8-7-10(15(19)20)13(16)14(12)17/h7-9,11,18H,2-6H2,1H3,(H,19,20). The van der Waals surface area contributed by atoms with E-state index in [1.165, 1.54) is 6.07 Å². The largest absolute Gasteiger partial charge is 0.478 e. The summed E-state index contributed by atoms with van der Waals surface area (Å²) in [4.78, 5) is 10.7. The highest BCUT2D eigenvalue weighted by Gasteiger charge is 2.23. The molecule has 0 spiro atoms. The van der Waals surface area contributed by atoms with Gasteiger partial charge in [-0.25, -0.2) is 13.6 Å². The lowest BCUT2D eigenvalue weighted by molar-refractivity contribution is 0.0690. The van der Waals surface area contributed by atoms with Crippen LogP contribution < -0.4 is 5.32 Å². The van der Waals surface area contributed by atoms with Gasteiger partial charge in [0.1, 0.15) is 0 Å². The molecule has 0 aromatic heterocycles. The average molecular weight is 283 g/mol. The molecule has 0 amide bonds. The highest BCUT2D eigenvalue weighted by atomic mass is 19.2. The first-order valence-electron chi connectivity index (χ1n) is 6.98. The first kappa shape index (κ1) is 14.8. The van der Waals surface area contributed by atoms with E-state index in [1.807, 2.05) is 0 Å². The molecule has 1 aliphatic rings. The van der Waals surface area contributed by atoms with E-state index in [-0.39, 0.29) is 11.7 Å². The number of nitrogens with one attached hydrogen (secondary N) is 1. The van der Waals surface area contributed by atoms with Crippen LogP contribution in [0.1, 0.15) is 49.4 Å². The molecule has 1 aromatic carbocycles. The maximum absolute atomic E-state index is 13.9. The summed E-state index contributed by atoms with van der Waals surface area (Å²) < 4.78 is 27.6. The van der Waals surface area contributed by atoms with Crippen molar-refractivity contribution in [2.24, 2.45) is 5.92 Å². The first-order valence-corrected chi connectivity index (χ1v) is 6.98. The summed E-state index contributed by atoms with van der Waals surface area (Å²) in [5, 5.41) is 11.8. The van der Waals surface area contributed by atoms with E-state index >= 15 is 0 Å². The molecule has 2 atom stereocenters. The zero-order valence-corrected chi connectivity index (χ0v) is 11.5. The Kier molecular flexibility index (Phi) is 4.57. The second-order valence-corrected chi connectivity index (χ2v) is 5.46. The molecule has 110 valence electrons. The lowest BCUT2D eigenvalue weighted by atomic mass is 9.96. The summed E-state index contributed by atoms with van der Waals surface area (Å²) in [6.07, 6.45) is 5.38. The molecule has 0 bridgehead atoms. The fourth-order valence-electron chi connectivity index (χ4n) is 2.73. The molecule has 1 aromatic rings. The first-order chi connectivity index (χ1) is 9.50. The predicted octanol–water partition coefficient (Wildman–Crippen LogP) is 4.04. The van der Waals surface area contributed by atoms with Gasteiger partial charge in [0.05, 0.1) is 11.3 Å². The molecule has 5 heteroatoms. The highest BCUT2D eigenvalue weighted by Crippen LogP contribution is 2.28. The van der Waals surface area contributed by atoms with E-state index in [0.717, 1.165) is 38.2 Å². The monoisotopic (exact) mass is 283 g/mol. The molecule has 2 unspecified atom stereocenters. The summed E-state index contributed by atoms with van der Waals surface area (Å²) in [6.45, 7) is 2.10. The molecular formula is C15H19F2NO2. The van der Waals surface area contributed by atoms with Crippen molar-refractivity contribution in [3.05, 3.63) is 29.3 Å². The third-order valence-corrected chi connectivity index (χ3v) is 4.02. The number of anilines is 1. The lowest BCUT2D eigenvalue weighted by Crippen LogP contribution is -2.27. The van der Waals surface area contributed by atoms with Crippen LogP contribution in [0, 0.1) is 17.6 Å². The van der Waals surface area contributed by atoms with Gasteiger partial charge >= 0.3 is 5.97 Å². The Morgan fingerprint density at radius 3 is 2.60 bits per heavy atom. The number of carboxylic acid groups (broad SMARTS) is 1. The summed E-state index contributed by atoms with van der Waals surface area (Å²) >= 11 is 0. The SMILES string of the molecule is CC1CCCCCC1Nc1ccc(C(=O)O)c(F)c1F.